The second kappa shape index (κ2) is 17.2. The van der Waals surface area contributed by atoms with Crippen molar-refractivity contribution in [2.75, 3.05) is 13.6 Å². The molecule has 0 aliphatic carbocycles. The zero-order chi connectivity index (χ0) is 28.9. The summed E-state index contributed by atoms with van der Waals surface area (Å²) < 4.78 is 34.0. The van der Waals surface area contributed by atoms with Crippen molar-refractivity contribution < 1.29 is 48.8 Å². The van der Waals surface area contributed by atoms with Crippen LogP contribution in [0.25, 0.3) is 0 Å². The summed E-state index contributed by atoms with van der Waals surface area (Å²) in [5, 5.41) is 41.6. The van der Waals surface area contributed by atoms with Gasteiger partial charge in [0.25, 0.3) is 0 Å². The normalized spacial score (nSPS) is 28.3. The average Bonchev–Trinajstić information content (AvgIpc) is 2.94. The first-order valence-corrected chi connectivity index (χ1v) is 14.4. The first kappa shape index (κ1) is 32.0. The lowest BCUT2D eigenvalue weighted by Gasteiger charge is -2.35. The van der Waals surface area contributed by atoms with E-state index in [9.17, 15) is 20.4 Å². The molecular formula is C31H44O10. The molecule has 0 aromatic heterocycles. The van der Waals surface area contributed by atoms with Crippen LogP contribution in [0.2, 0.25) is 0 Å². The van der Waals surface area contributed by atoms with Gasteiger partial charge in [0.2, 0.25) is 0 Å². The molecule has 2 saturated heterocycles. The molecule has 0 saturated carbocycles. The summed E-state index contributed by atoms with van der Waals surface area (Å²) in [5.41, 5.74) is 2.10. The van der Waals surface area contributed by atoms with Crippen molar-refractivity contribution in [1.82, 2.24) is 0 Å². The second-order valence-electron chi connectivity index (χ2n) is 10.9. The van der Waals surface area contributed by atoms with E-state index in [-0.39, 0.29) is 45.1 Å². The summed E-state index contributed by atoms with van der Waals surface area (Å²) in [4.78, 5) is 0. The largest absolute Gasteiger partial charge is 0.393 e. The second-order valence-corrected chi connectivity index (χ2v) is 10.9. The number of hydrogen-bond acceptors (Lipinski definition) is 10. The van der Waals surface area contributed by atoms with Crippen LogP contribution in [0.15, 0.2) is 60.7 Å². The van der Waals surface area contributed by atoms with Gasteiger partial charge in [-0.05, 0) is 30.4 Å². The molecule has 2 aromatic carbocycles. The molecule has 8 atom stereocenters. The lowest BCUT2D eigenvalue weighted by atomic mass is 9.94. The van der Waals surface area contributed by atoms with E-state index in [1.165, 1.54) is 0 Å². The highest BCUT2D eigenvalue weighted by atomic mass is 16.7. The van der Waals surface area contributed by atoms with Gasteiger partial charge in [0.15, 0.2) is 12.6 Å². The van der Waals surface area contributed by atoms with Crippen LogP contribution in [0, 0.1) is 0 Å². The van der Waals surface area contributed by atoms with Crippen molar-refractivity contribution in [3.63, 3.8) is 0 Å². The molecule has 2 fully saturated rings. The van der Waals surface area contributed by atoms with Gasteiger partial charge in [0.05, 0.1) is 49.8 Å². The zero-order valence-electron chi connectivity index (χ0n) is 23.4. The van der Waals surface area contributed by atoms with Gasteiger partial charge < -0.3 is 48.8 Å². The molecule has 0 bridgehead atoms. The molecule has 41 heavy (non-hydrogen) atoms. The maximum atomic E-state index is 10.6. The van der Waals surface area contributed by atoms with Crippen LogP contribution in [0.1, 0.15) is 56.1 Å². The number of aliphatic hydroxyl groups excluding tert-OH is 4. The molecular weight excluding hydrogens is 532 g/mol. The van der Waals surface area contributed by atoms with Crippen LogP contribution in [0.3, 0.4) is 0 Å². The monoisotopic (exact) mass is 576 g/mol. The van der Waals surface area contributed by atoms with E-state index in [1.807, 2.05) is 60.7 Å². The predicted molar refractivity (Wildman–Crippen MR) is 148 cm³/mol. The Kier molecular flexibility index (Phi) is 13.4. The van der Waals surface area contributed by atoms with Crippen LogP contribution in [-0.2, 0) is 41.6 Å². The smallest absolute Gasteiger partial charge is 0.157 e. The quantitative estimate of drug-likeness (QED) is 0.174. The Balaban J connectivity index is 1.11. The van der Waals surface area contributed by atoms with Crippen molar-refractivity contribution in [3.8, 4) is 0 Å². The Labute approximate surface area is 241 Å². The highest BCUT2D eigenvalue weighted by Crippen LogP contribution is 2.27. The topological polar surface area (TPSA) is 136 Å². The lowest BCUT2D eigenvalue weighted by Crippen LogP contribution is -2.40. The van der Waals surface area contributed by atoms with E-state index in [0.717, 1.165) is 11.1 Å². The Morgan fingerprint density at radius 3 is 1.46 bits per heavy atom. The maximum Gasteiger partial charge on any atom is 0.157 e. The minimum Gasteiger partial charge on any atom is -0.393 e. The van der Waals surface area contributed by atoms with E-state index in [4.69, 9.17) is 28.4 Å². The zero-order valence-corrected chi connectivity index (χ0v) is 23.4. The van der Waals surface area contributed by atoms with Gasteiger partial charge >= 0.3 is 0 Å². The summed E-state index contributed by atoms with van der Waals surface area (Å²) >= 11 is 0. The highest BCUT2D eigenvalue weighted by Gasteiger charge is 2.33. The van der Waals surface area contributed by atoms with Crippen molar-refractivity contribution in [1.29, 1.82) is 0 Å². The van der Waals surface area contributed by atoms with Crippen molar-refractivity contribution in [3.05, 3.63) is 71.8 Å². The van der Waals surface area contributed by atoms with Gasteiger partial charge in [-0.15, -0.1) is 0 Å². The summed E-state index contributed by atoms with van der Waals surface area (Å²) in [6, 6.07) is 19.6. The van der Waals surface area contributed by atoms with Crippen LogP contribution in [0.4, 0.5) is 0 Å². The minimum atomic E-state index is -0.990. The van der Waals surface area contributed by atoms with Crippen LogP contribution in [0.5, 0.6) is 0 Å². The predicted octanol–water partition coefficient (Wildman–Crippen LogP) is 2.99. The van der Waals surface area contributed by atoms with Gasteiger partial charge in [-0.3, -0.25) is 0 Å². The van der Waals surface area contributed by atoms with Gasteiger partial charge in [-0.2, -0.15) is 0 Å². The Hall–Kier alpha value is -1.96. The number of aliphatic hydroxyl groups is 4. The van der Waals surface area contributed by atoms with Crippen molar-refractivity contribution in [2.24, 2.45) is 0 Å². The van der Waals surface area contributed by atoms with Crippen molar-refractivity contribution >= 4 is 0 Å². The fourth-order valence-corrected chi connectivity index (χ4v) is 5.34. The van der Waals surface area contributed by atoms with E-state index in [0.29, 0.717) is 38.9 Å². The minimum absolute atomic E-state index is 0.0946. The SMILES string of the molecule is OC1C[C@@H](OCOCc2ccccc2)C[C@@H](C[C@H](O)C[C@H](O)C[C@@H]2C[C@H](OCOCc3ccccc3)CC(O)O2)O1. The van der Waals surface area contributed by atoms with Gasteiger partial charge in [0, 0.05) is 25.7 Å². The summed E-state index contributed by atoms with van der Waals surface area (Å²) in [7, 11) is 0. The third kappa shape index (κ3) is 12.0. The summed E-state index contributed by atoms with van der Waals surface area (Å²) in [6.07, 6.45) is -2.76. The summed E-state index contributed by atoms with van der Waals surface area (Å²) in [5.74, 6) is 0. The molecule has 10 heteroatoms. The Bertz CT molecular complexity index is 886. The van der Waals surface area contributed by atoms with Gasteiger partial charge in [-0.1, -0.05) is 60.7 Å². The van der Waals surface area contributed by atoms with E-state index in [2.05, 4.69) is 0 Å². The molecule has 2 aromatic rings. The summed E-state index contributed by atoms with van der Waals surface area (Å²) in [6.45, 7) is 1.06. The average molecular weight is 577 g/mol. The highest BCUT2D eigenvalue weighted by molar-refractivity contribution is 5.14. The van der Waals surface area contributed by atoms with Crippen LogP contribution >= 0.6 is 0 Å². The number of hydrogen-bond donors (Lipinski definition) is 4. The lowest BCUT2D eigenvalue weighted by molar-refractivity contribution is -0.220. The van der Waals surface area contributed by atoms with Gasteiger partial charge in [0.1, 0.15) is 13.6 Å². The molecule has 10 nitrogen and oxygen atoms in total. The van der Waals surface area contributed by atoms with Crippen LogP contribution < -0.4 is 0 Å². The maximum absolute atomic E-state index is 10.6. The molecule has 0 amide bonds. The molecule has 2 aliphatic heterocycles. The third-order valence-electron chi connectivity index (χ3n) is 7.29. The molecule has 228 valence electrons. The first-order chi connectivity index (χ1) is 19.9. The van der Waals surface area contributed by atoms with Crippen LogP contribution in [-0.4, -0.2) is 83.2 Å². The number of benzene rings is 2. The standard InChI is InChI=1S/C31H44O10/c32-24(12-28-14-26(16-30(34)40-28)38-20-36-18-22-7-3-1-4-8-22)11-25(33)13-29-15-27(17-31(35)41-29)39-21-37-19-23-9-5-2-6-10-23/h1-10,24-35H,11-21H2/t24-,25+,26-,27-,28+,29+,30?,31?/m0/s1. The first-order valence-electron chi connectivity index (χ1n) is 14.4. The number of ether oxygens (including phenoxy) is 6. The molecule has 2 heterocycles. The van der Waals surface area contributed by atoms with Gasteiger partial charge in [-0.25, -0.2) is 0 Å². The molecule has 2 unspecified atom stereocenters. The van der Waals surface area contributed by atoms with E-state index in [1.54, 1.807) is 0 Å². The fraction of sp³-hybridized carbons (Fsp3) is 0.613. The number of rotatable bonds is 16. The molecule has 0 spiro atoms. The molecule has 0 radical (unpaired) electrons. The van der Waals surface area contributed by atoms with E-state index < -0.39 is 37.0 Å². The Morgan fingerprint density at radius 2 is 1.05 bits per heavy atom. The fourth-order valence-electron chi connectivity index (χ4n) is 5.34. The molecule has 4 N–H and O–H groups in total. The van der Waals surface area contributed by atoms with E-state index >= 15 is 0 Å². The molecule has 4 rings (SSSR count). The Morgan fingerprint density at radius 1 is 0.634 bits per heavy atom. The molecule has 2 aliphatic rings. The van der Waals surface area contributed by atoms with Crippen molar-refractivity contribution in [2.45, 2.75) is 107 Å². The third-order valence-corrected chi connectivity index (χ3v) is 7.29.